The number of nitrogens with two attached hydrogens (primary N) is 2. The number of benzene rings is 3. The van der Waals surface area contributed by atoms with Crippen LogP contribution in [0.5, 0.6) is 0 Å². The number of carbonyl (C=O) groups is 1. The lowest BCUT2D eigenvalue weighted by Gasteiger charge is -2.24. The van der Waals surface area contributed by atoms with E-state index in [4.69, 9.17) is 34.8 Å². The molecule has 1 aliphatic heterocycles. The van der Waals surface area contributed by atoms with Gasteiger partial charge in [0.2, 0.25) is 0 Å². The summed E-state index contributed by atoms with van der Waals surface area (Å²) in [6.45, 7) is 5.50. The second kappa shape index (κ2) is 13.2. The zero-order valence-electron chi connectivity index (χ0n) is 21.9. The van der Waals surface area contributed by atoms with Crippen LogP contribution in [0.4, 0.5) is 5.69 Å². The second-order valence-electron chi connectivity index (χ2n) is 8.86. The second-order valence-corrected chi connectivity index (χ2v) is 9.68. The van der Waals surface area contributed by atoms with Crippen molar-refractivity contribution in [3.8, 4) is 0 Å². The number of nitrogens with one attached hydrogen (secondary N) is 1. The minimum atomic E-state index is -0.361. The van der Waals surface area contributed by atoms with Crippen molar-refractivity contribution in [1.29, 1.82) is 0 Å². The quantitative estimate of drug-likeness (QED) is 0.104. The van der Waals surface area contributed by atoms with E-state index >= 15 is 0 Å². The molecule has 0 radical (unpaired) electrons. The van der Waals surface area contributed by atoms with Gasteiger partial charge in [0.15, 0.2) is 0 Å². The zero-order valence-corrected chi connectivity index (χ0v) is 24.2. The molecule has 0 unspecified atom stereocenters. The molecule has 0 spiro atoms. The molecule has 202 valence electrons. The van der Waals surface area contributed by atoms with Crippen molar-refractivity contribution in [2.75, 3.05) is 17.8 Å². The van der Waals surface area contributed by atoms with Crippen molar-refractivity contribution in [2.24, 2.45) is 16.7 Å². The Morgan fingerprint density at radius 2 is 1.71 bits per heavy atom. The SMILES string of the molecule is CC.CCl.N/N=C(\N)c1ccc(C2(NC(=O)c3cccc4c3N(Cc3ccc(Cl)c(Cl)c3)CC4)CC2)cc1. The van der Waals surface area contributed by atoms with E-state index in [2.05, 4.69) is 33.0 Å². The van der Waals surface area contributed by atoms with Gasteiger partial charge in [-0.1, -0.05) is 79.5 Å². The number of nitrogens with zero attached hydrogens (tertiary/aromatic N) is 2. The van der Waals surface area contributed by atoms with E-state index in [-0.39, 0.29) is 17.3 Å². The molecule has 5 rings (SSSR count). The molecule has 1 heterocycles. The first-order valence-corrected chi connectivity index (χ1v) is 14.1. The number of anilines is 1. The van der Waals surface area contributed by atoms with E-state index in [1.54, 1.807) is 0 Å². The van der Waals surface area contributed by atoms with Gasteiger partial charge in [-0.15, -0.1) is 11.6 Å². The fourth-order valence-corrected chi connectivity index (χ4v) is 4.98. The Bertz CT molecular complexity index is 1290. The maximum atomic E-state index is 13.5. The Hall–Kier alpha value is -2.93. The summed E-state index contributed by atoms with van der Waals surface area (Å²) in [5.41, 5.74) is 11.2. The average Bonchev–Trinajstić information content (AvgIpc) is 3.63. The summed E-state index contributed by atoms with van der Waals surface area (Å²) in [6, 6.07) is 19.3. The van der Waals surface area contributed by atoms with E-state index in [0.717, 1.165) is 48.2 Å². The molecule has 3 aromatic carbocycles. The number of hydrogen-bond acceptors (Lipinski definition) is 4. The third kappa shape index (κ3) is 6.37. The number of hydrazone groups is 1. The van der Waals surface area contributed by atoms with E-state index in [1.165, 1.54) is 11.9 Å². The van der Waals surface area contributed by atoms with Gasteiger partial charge in [0.25, 0.3) is 5.91 Å². The van der Waals surface area contributed by atoms with Gasteiger partial charge in [-0.3, -0.25) is 4.79 Å². The molecule has 1 saturated carbocycles. The molecule has 1 fully saturated rings. The van der Waals surface area contributed by atoms with Crippen LogP contribution in [0, 0.1) is 0 Å². The first kappa shape index (κ1) is 29.6. The minimum Gasteiger partial charge on any atom is -0.382 e. The third-order valence-corrected chi connectivity index (χ3v) is 7.40. The van der Waals surface area contributed by atoms with Crippen LogP contribution in [0.3, 0.4) is 0 Å². The van der Waals surface area contributed by atoms with Gasteiger partial charge < -0.3 is 21.8 Å². The lowest BCUT2D eigenvalue weighted by molar-refractivity contribution is 0.0931. The molecule has 1 amide bonds. The van der Waals surface area contributed by atoms with E-state index in [1.807, 2.05) is 68.4 Å². The number of fused-ring (bicyclic) bond motifs is 1. The smallest absolute Gasteiger partial charge is 0.254 e. The Balaban J connectivity index is 0.000000956. The van der Waals surface area contributed by atoms with Crippen molar-refractivity contribution < 1.29 is 4.79 Å². The van der Waals surface area contributed by atoms with E-state index in [0.29, 0.717) is 22.2 Å². The van der Waals surface area contributed by atoms with Crippen molar-refractivity contribution in [2.45, 2.75) is 45.2 Å². The predicted molar refractivity (Wildman–Crippen MR) is 161 cm³/mol. The molecule has 0 atom stereocenters. The fourth-order valence-electron chi connectivity index (χ4n) is 4.66. The van der Waals surface area contributed by atoms with Gasteiger partial charge in [0, 0.05) is 25.0 Å². The van der Waals surface area contributed by atoms with Gasteiger partial charge in [-0.2, -0.15) is 5.10 Å². The van der Waals surface area contributed by atoms with E-state index < -0.39 is 0 Å². The largest absolute Gasteiger partial charge is 0.382 e. The van der Waals surface area contributed by atoms with Crippen LogP contribution < -0.4 is 21.8 Å². The molecule has 5 N–H and O–H groups in total. The molecule has 6 nitrogen and oxygen atoms in total. The summed E-state index contributed by atoms with van der Waals surface area (Å²) in [5.74, 6) is 5.49. The maximum Gasteiger partial charge on any atom is 0.254 e. The van der Waals surface area contributed by atoms with Crippen LogP contribution in [-0.2, 0) is 18.5 Å². The van der Waals surface area contributed by atoms with Crippen LogP contribution in [0.25, 0.3) is 0 Å². The Morgan fingerprint density at radius 1 is 1.03 bits per heavy atom. The van der Waals surface area contributed by atoms with Crippen molar-refractivity contribution in [1.82, 2.24) is 5.32 Å². The summed E-state index contributed by atoms with van der Waals surface area (Å²) in [6.07, 6.45) is 4.15. The van der Waals surface area contributed by atoms with Gasteiger partial charge >= 0.3 is 0 Å². The van der Waals surface area contributed by atoms with Crippen LogP contribution >= 0.6 is 34.8 Å². The average molecular weight is 575 g/mol. The van der Waals surface area contributed by atoms with Crippen molar-refractivity contribution in [3.05, 3.63) is 98.5 Å². The normalized spacial score (nSPS) is 14.9. The highest BCUT2D eigenvalue weighted by atomic mass is 35.5. The van der Waals surface area contributed by atoms with Gasteiger partial charge in [0.1, 0.15) is 5.84 Å². The Labute approximate surface area is 239 Å². The third-order valence-electron chi connectivity index (χ3n) is 6.66. The first-order chi connectivity index (χ1) is 18.4. The molecule has 9 heteroatoms. The monoisotopic (exact) mass is 573 g/mol. The summed E-state index contributed by atoms with van der Waals surface area (Å²) >= 11 is 16.9. The summed E-state index contributed by atoms with van der Waals surface area (Å²) in [4.78, 5) is 15.8. The molecule has 38 heavy (non-hydrogen) atoms. The van der Waals surface area contributed by atoms with E-state index in [9.17, 15) is 4.79 Å². The zero-order chi connectivity index (χ0) is 27.9. The van der Waals surface area contributed by atoms with Crippen LogP contribution in [0.15, 0.2) is 65.8 Å². The Morgan fingerprint density at radius 3 is 2.32 bits per heavy atom. The first-order valence-electron chi connectivity index (χ1n) is 12.6. The van der Waals surface area contributed by atoms with Crippen LogP contribution in [0.1, 0.15) is 59.3 Å². The molecular formula is C29H34Cl3N5O. The Kier molecular flexibility index (Phi) is 10.3. The lowest BCUT2D eigenvalue weighted by atomic mass is 10.0. The lowest BCUT2D eigenvalue weighted by Crippen LogP contribution is -2.36. The number of alkyl halides is 1. The van der Waals surface area contributed by atoms with Gasteiger partial charge in [0.05, 0.1) is 26.8 Å². The topological polar surface area (TPSA) is 96.7 Å². The summed E-state index contributed by atoms with van der Waals surface area (Å²) < 4.78 is 0. The molecule has 0 saturated heterocycles. The molecule has 1 aliphatic carbocycles. The number of rotatable bonds is 6. The maximum absolute atomic E-state index is 13.5. The highest BCUT2D eigenvalue weighted by Gasteiger charge is 2.46. The molecule has 0 bridgehead atoms. The number of amidine groups is 1. The van der Waals surface area contributed by atoms with Crippen molar-refractivity contribution >= 4 is 52.2 Å². The molecule has 3 aromatic rings. The molecule has 2 aliphatic rings. The standard InChI is InChI=1S/C26H25Cl2N5O.C2H6.CH3Cl/c27-21-9-4-16(14-22(21)28)15-33-13-10-17-2-1-3-20(23(17)33)25(34)31-26(11-12-26)19-7-5-18(6-8-19)24(29)32-30;2*1-2/h1-9,14H,10-13,15,30H2,(H2,29,32)(H,31,34);1-2H3;1H3. The highest BCUT2D eigenvalue weighted by molar-refractivity contribution is 6.42. The van der Waals surface area contributed by atoms with Crippen molar-refractivity contribution in [3.63, 3.8) is 0 Å². The molecular weight excluding hydrogens is 541 g/mol. The van der Waals surface area contributed by atoms with Gasteiger partial charge in [-0.05, 0) is 54.2 Å². The number of amides is 1. The summed E-state index contributed by atoms with van der Waals surface area (Å²) in [7, 11) is 0. The fraction of sp³-hybridized carbons (Fsp3) is 0.310. The highest BCUT2D eigenvalue weighted by Crippen LogP contribution is 2.46. The number of carbonyl (C=O) groups excluding carboxylic acids is 1. The number of halogens is 3. The number of para-hydroxylation sites is 1. The van der Waals surface area contributed by atoms with Gasteiger partial charge in [-0.25, -0.2) is 0 Å². The van der Waals surface area contributed by atoms with Crippen LogP contribution in [-0.4, -0.2) is 24.7 Å². The minimum absolute atomic E-state index is 0.0671. The van der Waals surface area contributed by atoms with Crippen LogP contribution in [0.2, 0.25) is 10.0 Å². The predicted octanol–water partition coefficient (Wildman–Crippen LogP) is 6.44. The molecule has 0 aromatic heterocycles. The summed E-state index contributed by atoms with van der Waals surface area (Å²) in [5, 5.41) is 7.91. The number of hydrogen-bond donors (Lipinski definition) is 3.